The molecule has 1 saturated heterocycles. The molecular formula is C22H28N6O. The van der Waals surface area contributed by atoms with Crippen LogP contribution in [0.5, 0.6) is 0 Å². The van der Waals surface area contributed by atoms with E-state index in [1.165, 1.54) is 5.69 Å². The zero-order valence-electron chi connectivity index (χ0n) is 16.9. The Hall–Kier alpha value is -3.09. The van der Waals surface area contributed by atoms with Crippen molar-refractivity contribution in [3.63, 3.8) is 0 Å². The number of likely N-dealkylation sites (N-methyl/N-ethyl adjacent to an activating group) is 1. The van der Waals surface area contributed by atoms with Gasteiger partial charge in [0, 0.05) is 44.6 Å². The smallest absolute Gasteiger partial charge is 0.231 e. The van der Waals surface area contributed by atoms with Crippen molar-refractivity contribution in [2.24, 2.45) is 5.92 Å². The van der Waals surface area contributed by atoms with Crippen molar-refractivity contribution >= 4 is 23.2 Å². The molecule has 0 spiro atoms. The minimum atomic E-state index is -0.0217. The number of benzene rings is 1. The summed E-state index contributed by atoms with van der Waals surface area (Å²) in [6.45, 7) is 6.08. The van der Waals surface area contributed by atoms with Gasteiger partial charge in [0.05, 0.1) is 5.92 Å². The number of aromatic nitrogens is 3. The molecule has 152 valence electrons. The number of piperidine rings is 1. The Morgan fingerprint density at radius 2 is 2.00 bits per heavy atom. The Kier molecular flexibility index (Phi) is 5.93. The van der Waals surface area contributed by atoms with Crippen LogP contribution in [-0.4, -0.2) is 53.2 Å². The molecule has 1 aliphatic heterocycles. The van der Waals surface area contributed by atoms with E-state index in [9.17, 15) is 4.79 Å². The fraction of sp³-hybridized carbons (Fsp3) is 0.409. The topological polar surface area (TPSA) is 65.8 Å². The number of nitrogens with one attached hydrogen (secondary N) is 1. The molecule has 1 N–H and O–H groups in total. The number of anilines is 2. The zero-order valence-corrected chi connectivity index (χ0v) is 16.9. The molecule has 4 rings (SSSR count). The van der Waals surface area contributed by atoms with Crippen LogP contribution in [0, 0.1) is 5.92 Å². The number of amides is 1. The number of hydrogen-bond donors (Lipinski definition) is 1. The monoisotopic (exact) mass is 392 g/mol. The van der Waals surface area contributed by atoms with Crippen LogP contribution in [-0.2, 0) is 4.79 Å². The van der Waals surface area contributed by atoms with Gasteiger partial charge in [-0.1, -0.05) is 24.3 Å². The molecule has 0 unspecified atom stereocenters. The minimum absolute atomic E-state index is 0.0217. The molecule has 1 fully saturated rings. The molecule has 1 aliphatic rings. The third kappa shape index (κ3) is 4.34. The molecule has 1 amide bonds. The summed E-state index contributed by atoms with van der Waals surface area (Å²) in [5.41, 5.74) is 2.02. The summed E-state index contributed by atoms with van der Waals surface area (Å²) >= 11 is 0. The van der Waals surface area contributed by atoms with Gasteiger partial charge in [0.2, 0.25) is 11.9 Å². The van der Waals surface area contributed by atoms with Crippen molar-refractivity contribution in [2.75, 3.05) is 42.5 Å². The van der Waals surface area contributed by atoms with Crippen LogP contribution < -0.4 is 15.1 Å². The van der Waals surface area contributed by atoms with E-state index in [2.05, 4.69) is 44.4 Å². The Morgan fingerprint density at radius 1 is 1.17 bits per heavy atom. The van der Waals surface area contributed by atoms with Crippen LogP contribution in [0.3, 0.4) is 0 Å². The van der Waals surface area contributed by atoms with E-state index in [1.54, 1.807) is 0 Å². The number of hydrogen-bond acceptors (Lipinski definition) is 5. The van der Waals surface area contributed by atoms with Crippen molar-refractivity contribution in [3.8, 4) is 0 Å². The van der Waals surface area contributed by atoms with Crippen LogP contribution in [0.1, 0.15) is 19.8 Å². The van der Waals surface area contributed by atoms with E-state index < -0.39 is 0 Å². The maximum Gasteiger partial charge on any atom is 0.231 e. The SMILES string of the molecule is CCN(CCNC(=O)[C@H]1CCCN(c2nnc3ccccn23)C1)c1ccccc1. The van der Waals surface area contributed by atoms with Gasteiger partial charge in [-0.25, -0.2) is 0 Å². The van der Waals surface area contributed by atoms with Gasteiger partial charge in [0.25, 0.3) is 0 Å². The fourth-order valence-electron chi connectivity index (χ4n) is 3.98. The Labute approximate surface area is 171 Å². The quantitative estimate of drug-likeness (QED) is 0.670. The molecule has 7 heteroatoms. The van der Waals surface area contributed by atoms with Crippen molar-refractivity contribution in [1.82, 2.24) is 19.9 Å². The lowest BCUT2D eigenvalue weighted by Crippen LogP contribution is -2.45. The molecule has 7 nitrogen and oxygen atoms in total. The van der Waals surface area contributed by atoms with Gasteiger partial charge in [-0.3, -0.25) is 9.20 Å². The third-order valence-electron chi connectivity index (χ3n) is 5.55. The number of rotatable bonds is 7. The average molecular weight is 393 g/mol. The number of pyridine rings is 1. The highest BCUT2D eigenvalue weighted by Gasteiger charge is 2.28. The predicted molar refractivity (Wildman–Crippen MR) is 115 cm³/mol. The van der Waals surface area contributed by atoms with E-state index >= 15 is 0 Å². The lowest BCUT2D eigenvalue weighted by Gasteiger charge is -2.32. The van der Waals surface area contributed by atoms with Gasteiger partial charge < -0.3 is 15.1 Å². The van der Waals surface area contributed by atoms with Crippen molar-refractivity contribution < 1.29 is 4.79 Å². The van der Waals surface area contributed by atoms with E-state index in [4.69, 9.17) is 0 Å². The number of carbonyl (C=O) groups is 1. The van der Waals surface area contributed by atoms with Crippen LogP contribution in [0.25, 0.3) is 5.65 Å². The highest BCUT2D eigenvalue weighted by molar-refractivity contribution is 5.79. The lowest BCUT2D eigenvalue weighted by atomic mass is 9.97. The van der Waals surface area contributed by atoms with Gasteiger partial charge in [-0.2, -0.15) is 0 Å². The standard InChI is InChI=1S/C22H28N6O/c1-2-26(19-10-4-3-5-11-19)16-13-23-21(29)18-9-8-14-27(17-18)22-25-24-20-12-6-7-15-28(20)22/h3-7,10-12,15,18H,2,8-9,13-14,16-17H2,1H3,(H,23,29)/t18-/m0/s1. The average Bonchev–Trinajstić information content (AvgIpc) is 3.21. The fourth-order valence-corrected chi connectivity index (χ4v) is 3.98. The van der Waals surface area contributed by atoms with E-state index in [1.807, 2.05) is 47.0 Å². The molecule has 0 aliphatic carbocycles. The van der Waals surface area contributed by atoms with E-state index in [0.717, 1.165) is 44.1 Å². The van der Waals surface area contributed by atoms with Crippen LogP contribution in [0.4, 0.5) is 11.6 Å². The highest BCUT2D eigenvalue weighted by atomic mass is 16.1. The van der Waals surface area contributed by atoms with E-state index in [0.29, 0.717) is 13.1 Å². The zero-order chi connectivity index (χ0) is 20.1. The van der Waals surface area contributed by atoms with Gasteiger partial charge in [-0.05, 0) is 44.0 Å². The van der Waals surface area contributed by atoms with Crippen molar-refractivity contribution in [3.05, 3.63) is 54.7 Å². The number of fused-ring (bicyclic) bond motifs is 1. The Morgan fingerprint density at radius 3 is 2.83 bits per heavy atom. The normalized spacial score (nSPS) is 16.7. The maximum absolute atomic E-state index is 12.8. The second kappa shape index (κ2) is 8.94. The van der Waals surface area contributed by atoms with Crippen LogP contribution in [0.2, 0.25) is 0 Å². The van der Waals surface area contributed by atoms with Crippen molar-refractivity contribution in [2.45, 2.75) is 19.8 Å². The summed E-state index contributed by atoms with van der Waals surface area (Å²) in [6.07, 6.45) is 3.86. The molecule has 0 radical (unpaired) electrons. The summed E-state index contributed by atoms with van der Waals surface area (Å²) < 4.78 is 1.99. The molecule has 2 aromatic heterocycles. The third-order valence-corrected chi connectivity index (χ3v) is 5.55. The number of carbonyl (C=O) groups excluding carboxylic acids is 1. The van der Waals surface area contributed by atoms with Gasteiger partial charge in [0.1, 0.15) is 0 Å². The molecule has 29 heavy (non-hydrogen) atoms. The summed E-state index contributed by atoms with van der Waals surface area (Å²) in [7, 11) is 0. The molecule has 1 atom stereocenters. The number of nitrogens with zero attached hydrogens (tertiary/aromatic N) is 5. The van der Waals surface area contributed by atoms with Crippen LogP contribution in [0.15, 0.2) is 54.7 Å². The first-order valence-electron chi connectivity index (χ1n) is 10.4. The first kappa shape index (κ1) is 19.2. The molecule has 1 aromatic carbocycles. The summed E-state index contributed by atoms with van der Waals surface area (Å²) in [6, 6.07) is 16.2. The molecule has 0 saturated carbocycles. The highest BCUT2D eigenvalue weighted by Crippen LogP contribution is 2.22. The first-order chi connectivity index (χ1) is 14.3. The van der Waals surface area contributed by atoms with E-state index in [-0.39, 0.29) is 11.8 Å². The lowest BCUT2D eigenvalue weighted by molar-refractivity contribution is -0.125. The molecule has 3 aromatic rings. The molecule has 0 bridgehead atoms. The molecule has 3 heterocycles. The largest absolute Gasteiger partial charge is 0.370 e. The second-order valence-corrected chi connectivity index (χ2v) is 7.42. The van der Waals surface area contributed by atoms with Crippen LogP contribution >= 0.6 is 0 Å². The van der Waals surface area contributed by atoms with Gasteiger partial charge in [-0.15, -0.1) is 10.2 Å². The maximum atomic E-state index is 12.8. The minimum Gasteiger partial charge on any atom is -0.370 e. The Bertz CT molecular complexity index is 941. The van der Waals surface area contributed by atoms with Gasteiger partial charge in [0.15, 0.2) is 5.65 Å². The Balaban J connectivity index is 1.33. The van der Waals surface area contributed by atoms with Crippen molar-refractivity contribution in [1.29, 1.82) is 0 Å². The summed E-state index contributed by atoms with van der Waals surface area (Å²) in [4.78, 5) is 17.2. The summed E-state index contributed by atoms with van der Waals surface area (Å²) in [5, 5.41) is 11.7. The van der Waals surface area contributed by atoms with Gasteiger partial charge >= 0.3 is 0 Å². The summed E-state index contributed by atoms with van der Waals surface area (Å²) in [5.74, 6) is 0.929. The first-order valence-corrected chi connectivity index (χ1v) is 10.4. The molecular weight excluding hydrogens is 364 g/mol. The second-order valence-electron chi connectivity index (χ2n) is 7.42. The number of para-hydroxylation sites is 1. The predicted octanol–water partition coefficient (Wildman–Crippen LogP) is 2.59.